The van der Waals surface area contributed by atoms with Gasteiger partial charge in [0.25, 0.3) is 0 Å². The number of hydrogen-bond acceptors (Lipinski definition) is 4. The predicted octanol–water partition coefficient (Wildman–Crippen LogP) is 1.63. The fraction of sp³-hybridized carbons (Fsp3) is 0.818. The number of H-pyrrole nitrogens is 1. The van der Waals surface area contributed by atoms with Gasteiger partial charge < -0.3 is 5.32 Å². The van der Waals surface area contributed by atoms with Gasteiger partial charge in [-0.05, 0) is 26.8 Å². The zero-order valence-corrected chi connectivity index (χ0v) is 11.8. The smallest absolute Gasteiger partial charge is 0.315 e. The largest absolute Gasteiger partial charge is 0.344 e. The van der Waals surface area contributed by atoms with E-state index in [0.717, 1.165) is 23.9 Å². The number of nitrogens with zero attached hydrogens (tertiary/aromatic N) is 2. The van der Waals surface area contributed by atoms with Crippen molar-refractivity contribution < 1.29 is 0 Å². The van der Waals surface area contributed by atoms with E-state index >= 15 is 0 Å². The molecule has 0 radical (unpaired) electrons. The Labute approximate surface area is 106 Å². The van der Waals surface area contributed by atoms with Crippen LogP contribution in [0.4, 0.5) is 0 Å². The van der Waals surface area contributed by atoms with Gasteiger partial charge in [0.2, 0.25) is 0 Å². The molecule has 0 atom stereocenters. The van der Waals surface area contributed by atoms with E-state index < -0.39 is 0 Å². The van der Waals surface area contributed by atoms with Crippen molar-refractivity contribution in [2.75, 3.05) is 12.3 Å². The van der Waals surface area contributed by atoms with E-state index in [4.69, 9.17) is 0 Å². The minimum atomic E-state index is -0.122. The fourth-order valence-corrected chi connectivity index (χ4v) is 2.49. The Hall–Kier alpha value is -0.750. The van der Waals surface area contributed by atoms with Crippen molar-refractivity contribution in [2.45, 2.75) is 51.4 Å². The van der Waals surface area contributed by atoms with Gasteiger partial charge in [-0.1, -0.05) is 25.6 Å². The number of nitrogens with one attached hydrogen (secondary N) is 2. The zero-order valence-electron chi connectivity index (χ0n) is 11.0. The Morgan fingerprint density at radius 3 is 2.71 bits per heavy atom. The molecule has 0 aliphatic rings. The van der Waals surface area contributed by atoms with Crippen molar-refractivity contribution in [3.63, 3.8) is 0 Å². The highest BCUT2D eigenvalue weighted by atomic mass is 32.2. The van der Waals surface area contributed by atoms with Crippen LogP contribution in [0.25, 0.3) is 0 Å². The summed E-state index contributed by atoms with van der Waals surface area (Å²) in [7, 11) is 0. The van der Waals surface area contributed by atoms with Crippen LogP contribution in [0.3, 0.4) is 0 Å². The highest BCUT2D eigenvalue weighted by Crippen LogP contribution is 2.17. The summed E-state index contributed by atoms with van der Waals surface area (Å²) in [5.41, 5.74) is -0.122. The lowest BCUT2D eigenvalue weighted by Crippen LogP contribution is -2.24. The zero-order chi connectivity index (χ0) is 12.8. The van der Waals surface area contributed by atoms with E-state index in [0.29, 0.717) is 6.04 Å². The number of thioether (sulfide) groups is 1. The van der Waals surface area contributed by atoms with Gasteiger partial charge in [0.05, 0.1) is 0 Å². The van der Waals surface area contributed by atoms with Crippen molar-refractivity contribution in [1.29, 1.82) is 0 Å². The molecule has 0 bridgehead atoms. The van der Waals surface area contributed by atoms with Gasteiger partial charge in [0.1, 0.15) is 0 Å². The van der Waals surface area contributed by atoms with Crippen molar-refractivity contribution in [2.24, 2.45) is 0 Å². The van der Waals surface area contributed by atoms with E-state index in [-0.39, 0.29) is 11.7 Å². The van der Waals surface area contributed by atoms with E-state index in [1.807, 2.05) is 13.8 Å². The van der Waals surface area contributed by atoms with E-state index in [9.17, 15) is 4.79 Å². The van der Waals surface area contributed by atoms with Crippen LogP contribution in [0.5, 0.6) is 0 Å². The number of aromatic amines is 1. The summed E-state index contributed by atoms with van der Waals surface area (Å²) in [5, 5.41) is 10.7. The molecule has 0 spiro atoms. The van der Waals surface area contributed by atoms with Crippen LogP contribution in [-0.4, -0.2) is 33.1 Å². The average Bonchev–Trinajstić information content (AvgIpc) is 2.59. The molecule has 0 amide bonds. The Kier molecular flexibility index (Phi) is 5.77. The summed E-state index contributed by atoms with van der Waals surface area (Å²) < 4.78 is 1.69. The second kappa shape index (κ2) is 6.86. The lowest BCUT2D eigenvalue weighted by Gasteiger charge is -2.09. The molecule has 0 unspecified atom stereocenters. The maximum Gasteiger partial charge on any atom is 0.344 e. The first kappa shape index (κ1) is 14.3. The number of rotatable bonds is 7. The monoisotopic (exact) mass is 258 g/mol. The summed E-state index contributed by atoms with van der Waals surface area (Å²) in [6, 6.07) is 0.678. The molecule has 1 heterocycles. The lowest BCUT2D eigenvalue weighted by molar-refractivity contribution is 0.533. The molecule has 0 saturated carbocycles. The molecule has 17 heavy (non-hydrogen) atoms. The molecule has 1 aromatic rings. The molecule has 0 aromatic carbocycles. The summed E-state index contributed by atoms with van der Waals surface area (Å²) in [4.78, 5) is 11.5. The van der Waals surface area contributed by atoms with Crippen molar-refractivity contribution in [3.8, 4) is 0 Å². The van der Waals surface area contributed by atoms with Gasteiger partial charge in [0.15, 0.2) is 5.16 Å². The highest BCUT2D eigenvalue weighted by molar-refractivity contribution is 7.99. The number of aromatic nitrogens is 3. The summed E-state index contributed by atoms with van der Waals surface area (Å²) in [6.07, 6.45) is 1.07. The Bertz CT molecular complexity index is 383. The van der Waals surface area contributed by atoms with E-state index in [1.165, 1.54) is 0 Å². The summed E-state index contributed by atoms with van der Waals surface area (Å²) in [5.74, 6) is 0.969. The number of hydrogen-bond donors (Lipinski definition) is 2. The van der Waals surface area contributed by atoms with Gasteiger partial charge in [-0.3, -0.25) is 4.57 Å². The Balaban J connectivity index is 2.39. The normalized spacial score (nSPS) is 11.6. The molecule has 0 aliphatic carbocycles. The van der Waals surface area contributed by atoms with Crippen LogP contribution >= 0.6 is 11.8 Å². The van der Waals surface area contributed by atoms with Crippen molar-refractivity contribution in [3.05, 3.63) is 10.5 Å². The molecule has 6 heteroatoms. The van der Waals surface area contributed by atoms with Gasteiger partial charge >= 0.3 is 5.69 Å². The third-order valence-corrected chi connectivity index (χ3v) is 3.33. The average molecular weight is 258 g/mol. The summed E-state index contributed by atoms with van der Waals surface area (Å²) in [6.45, 7) is 9.25. The molecule has 98 valence electrons. The molecule has 0 fully saturated rings. The van der Waals surface area contributed by atoms with Gasteiger partial charge in [-0.2, -0.15) is 0 Å². The third-order valence-electron chi connectivity index (χ3n) is 2.29. The molecular weight excluding hydrogens is 236 g/mol. The van der Waals surface area contributed by atoms with Crippen LogP contribution in [0.1, 0.15) is 40.2 Å². The van der Waals surface area contributed by atoms with E-state index in [1.54, 1.807) is 16.3 Å². The third kappa shape index (κ3) is 4.55. The minimum Gasteiger partial charge on any atom is -0.315 e. The quantitative estimate of drug-likeness (QED) is 0.576. The molecule has 0 saturated heterocycles. The second-order valence-corrected chi connectivity index (χ2v) is 5.65. The van der Waals surface area contributed by atoms with Crippen LogP contribution in [-0.2, 0) is 0 Å². The maximum atomic E-state index is 11.5. The maximum absolute atomic E-state index is 11.5. The van der Waals surface area contributed by atoms with Gasteiger partial charge in [-0.15, -0.1) is 5.10 Å². The standard InChI is InChI=1S/C11H22N4OS/c1-8(2)12-6-5-7-17-11-14-13-10(16)15(11)9(3)4/h8-9,12H,5-7H2,1-4H3,(H,13,16). The molecule has 1 aromatic heterocycles. The van der Waals surface area contributed by atoms with Crippen LogP contribution in [0.15, 0.2) is 9.95 Å². The Morgan fingerprint density at radius 1 is 1.41 bits per heavy atom. The highest BCUT2D eigenvalue weighted by Gasteiger charge is 2.10. The molecule has 2 N–H and O–H groups in total. The van der Waals surface area contributed by atoms with Gasteiger partial charge in [-0.25, -0.2) is 9.89 Å². The topological polar surface area (TPSA) is 62.7 Å². The first-order valence-electron chi connectivity index (χ1n) is 6.05. The predicted molar refractivity (Wildman–Crippen MR) is 71.7 cm³/mol. The van der Waals surface area contributed by atoms with Crippen LogP contribution in [0.2, 0.25) is 0 Å². The van der Waals surface area contributed by atoms with E-state index in [2.05, 4.69) is 29.4 Å². The Morgan fingerprint density at radius 2 is 2.12 bits per heavy atom. The lowest BCUT2D eigenvalue weighted by atomic mass is 10.4. The molecular formula is C11H22N4OS. The SMILES string of the molecule is CC(C)NCCCSc1n[nH]c(=O)n1C(C)C. The molecule has 1 rings (SSSR count). The first-order valence-corrected chi connectivity index (χ1v) is 7.04. The fourth-order valence-electron chi connectivity index (χ4n) is 1.47. The first-order chi connectivity index (χ1) is 8.02. The molecule has 0 aliphatic heterocycles. The van der Waals surface area contributed by atoms with Crippen molar-refractivity contribution in [1.82, 2.24) is 20.1 Å². The molecule has 5 nitrogen and oxygen atoms in total. The minimum absolute atomic E-state index is 0.122. The van der Waals surface area contributed by atoms with Crippen molar-refractivity contribution >= 4 is 11.8 Å². The second-order valence-electron chi connectivity index (χ2n) is 4.59. The van der Waals surface area contributed by atoms with Gasteiger partial charge in [0, 0.05) is 17.8 Å². The summed E-state index contributed by atoms with van der Waals surface area (Å²) >= 11 is 1.63. The van der Waals surface area contributed by atoms with Crippen LogP contribution in [0, 0.1) is 0 Å². The van der Waals surface area contributed by atoms with Crippen LogP contribution < -0.4 is 11.0 Å².